The number of hydrogen-bond donors (Lipinski definition) is 1. The van der Waals surface area contributed by atoms with Gasteiger partial charge in [0.15, 0.2) is 0 Å². The van der Waals surface area contributed by atoms with E-state index in [1.807, 2.05) is 17.8 Å². The van der Waals surface area contributed by atoms with Crippen molar-refractivity contribution in [3.05, 3.63) is 24.3 Å². The van der Waals surface area contributed by atoms with E-state index in [0.29, 0.717) is 18.6 Å². The minimum atomic E-state index is -0.427. The molecule has 0 bridgehead atoms. The van der Waals surface area contributed by atoms with Crippen LogP contribution in [0.4, 0.5) is 0 Å². The Bertz CT molecular complexity index is 576. The van der Waals surface area contributed by atoms with Gasteiger partial charge in [0.25, 0.3) is 0 Å². The molecular weight excluding hydrogens is 410 g/mol. The Morgan fingerprint density at radius 2 is 2.06 bits per heavy atom. The van der Waals surface area contributed by atoms with E-state index < -0.39 is 6.10 Å². The van der Waals surface area contributed by atoms with Crippen molar-refractivity contribution in [1.29, 1.82) is 0 Å². The van der Waals surface area contributed by atoms with Gasteiger partial charge in [0.1, 0.15) is 5.78 Å². The molecule has 0 amide bonds. The number of hydrogen-bond acceptors (Lipinski definition) is 6. The molecule has 1 aliphatic carbocycles. The molecule has 1 N–H and O–H groups in total. The lowest BCUT2D eigenvalue weighted by molar-refractivity contribution is -0.140. The topological polar surface area (TPSA) is 66.8 Å². The fraction of sp³-hybridized carbons (Fsp3) is 0.760. The van der Waals surface area contributed by atoms with Crippen LogP contribution in [-0.4, -0.2) is 66.6 Å². The second-order valence-corrected chi connectivity index (χ2v) is 10.0. The molecule has 0 saturated heterocycles. The third-order valence-corrected chi connectivity index (χ3v) is 7.10. The monoisotopic (exact) mass is 453 g/mol. The van der Waals surface area contributed by atoms with Crippen LogP contribution in [0.3, 0.4) is 0 Å². The molecule has 31 heavy (non-hydrogen) atoms. The van der Waals surface area contributed by atoms with E-state index in [1.54, 1.807) is 0 Å². The number of aliphatic hydroxyl groups excluding tert-OH is 1. The smallest absolute Gasteiger partial charge is 0.305 e. The minimum absolute atomic E-state index is 0.0206. The Morgan fingerprint density at radius 3 is 2.74 bits per heavy atom. The van der Waals surface area contributed by atoms with Crippen molar-refractivity contribution in [1.82, 2.24) is 4.90 Å². The first-order valence-electron chi connectivity index (χ1n) is 11.8. The number of carbonyl (C=O) groups excluding carboxylic acids is 2. The largest absolute Gasteiger partial charge is 0.469 e. The summed E-state index contributed by atoms with van der Waals surface area (Å²) in [6.45, 7) is 3.16. The summed E-state index contributed by atoms with van der Waals surface area (Å²) < 4.78 is 4.66. The second kappa shape index (κ2) is 16.5. The second-order valence-electron chi connectivity index (χ2n) is 8.69. The van der Waals surface area contributed by atoms with E-state index in [4.69, 9.17) is 0 Å². The lowest BCUT2D eigenvalue weighted by Crippen LogP contribution is -2.20. The summed E-state index contributed by atoms with van der Waals surface area (Å²) in [5.74, 6) is 1.30. The van der Waals surface area contributed by atoms with Crippen LogP contribution < -0.4 is 0 Å². The quantitative estimate of drug-likeness (QED) is 0.209. The normalized spacial score (nSPS) is 22.8. The average Bonchev–Trinajstić information content (AvgIpc) is 3.03. The standard InChI is InChI=1S/C25H43NO4S/c1-5-6-9-12-20(27)15-16-22-21(13-10-7-8-11-14-25(29)30-4)23(28)19-24(22)31-18-17-26(2)3/h7,10,15-16,20-22,24,27H,5-6,8-9,11-14,17-19H2,1-4H3/b10-7-,16-15+/t20-,21+,22+,24?/m0/s1. The molecule has 5 nitrogen and oxygen atoms in total. The van der Waals surface area contributed by atoms with Gasteiger partial charge in [-0.15, -0.1) is 0 Å². The molecule has 4 atom stereocenters. The fourth-order valence-electron chi connectivity index (χ4n) is 3.85. The zero-order valence-electron chi connectivity index (χ0n) is 19.9. The number of unbranched alkanes of at least 4 members (excludes halogenated alkanes) is 3. The third kappa shape index (κ3) is 11.9. The maximum Gasteiger partial charge on any atom is 0.305 e. The predicted octanol–water partition coefficient (Wildman–Crippen LogP) is 4.64. The summed E-state index contributed by atoms with van der Waals surface area (Å²) in [6.07, 6.45) is 15.2. The van der Waals surface area contributed by atoms with E-state index in [2.05, 4.69) is 48.9 Å². The number of ketones is 1. The number of methoxy groups -OCH3 is 1. The summed E-state index contributed by atoms with van der Waals surface area (Å²) >= 11 is 1.88. The summed E-state index contributed by atoms with van der Waals surface area (Å²) in [4.78, 5) is 26.1. The summed E-state index contributed by atoms with van der Waals surface area (Å²) in [7, 11) is 5.54. The van der Waals surface area contributed by atoms with Crippen LogP contribution in [0.2, 0.25) is 0 Å². The summed E-state index contributed by atoms with van der Waals surface area (Å²) in [5, 5.41) is 10.6. The van der Waals surface area contributed by atoms with E-state index >= 15 is 0 Å². The molecule has 6 heteroatoms. The zero-order chi connectivity index (χ0) is 23.1. The average molecular weight is 454 g/mol. The van der Waals surface area contributed by atoms with Gasteiger partial charge in [-0.3, -0.25) is 9.59 Å². The molecule has 1 fully saturated rings. The van der Waals surface area contributed by atoms with Crippen LogP contribution in [-0.2, 0) is 14.3 Å². The van der Waals surface area contributed by atoms with Gasteiger partial charge in [-0.25, -0.2) is 0 Å². The highest BCUT2D eigenvalue weighted by atomic mass is 32.2. The SMILES string of the molecule is CCCCC[C@H](O)/C=C/[C@H]1C(SCCN(C)C)CC(=O)[C@@H]1C/C=C\CCCC(=O)OC. The van der Waals surface area contributed by atoms with Gasteiger partial charge in [-0.2, -0.15) is 11.8 Å². The van der Waals surface area contributed by atoms with E-state index in [1.165, 1.54) is 7.11 Å². The van der Waals surface area contributed by atoms with Crippen molar-refractivity contribution < 1.29 is 19.4 Å². The highest BCUT2D eigenvalue weighted by Gasteiger charge is 2.40. The lowest BCUT2D eigenvalue weighted by Gasteiger charge is -2.21. The first-order chi connectivity index (χ1) is 14.9. The highest BCUT2D eigenvalue weighted by molar-refractivity contribution is 8.00. The first kappa shape index (κ1) is 27.9. The van der Waals surface area contributed by atoms with Crippen molar-refractivity contribution in [2.24, 2.45) is 11.8 Å². The number of nitrogens with zero attached hydrogens (tertiary/aromatic N) is 1. The number of esters is 1. The molecule has 178 valence electrons. The third-order valence-electron chi connectivity index (χ3n) is 5.78. The van der Waals surface area contributed by atoms with Gasteiger partial charge in [0.2, 0.25) is 0 Å². The van der Waals surface area contributed by atoms with Crippen LogP contribution >= 0.6 is 11.8 Å². The molecule has 0 aromatic rings. The Balaban J connectivity index is 2.67. The van der Waals surface area contributed by atoms with Crippen molar-refractivity contribution in [3.63, 3.8) is 0 Å². The lowest BCUT2D eigenvalue weighted by atomic mass is 9.91. The van der Waals surface area contributed by atoms with Crippen LogP contribution in [0, 0.1) is 11.8 Å². The maximum atomic E-state index is 12.8. The highest BCUT2D eigenvalue weighted by Crippen LogP contribution is 2.40. The molecular formula is C25H43NO4S. The summed E-state index contributed by atoms with van der Waals surface area (Å²) in [6, 6.07) is 0. The van der Waals surface area contributed by atoms with Crippen LogP contribution in [0.25, 0.3) is 0 Å². The van der Waals surface area contributed by atoms with Crippen LogP contribution in [0.5, 0.6) is 0 Å². The van der Waals surface area contributed by atoms with E-state index in [0.717, 1.165) is 57.2 Å². The van der Waals surface area contributed by atoms with Crippen LogP contribution in [0.15, 0.2) is 24.3 Å². The molecule has 0 spiro atoms. The molecule has 1 aliphatic rings. The predicted molar refractivity (Wildman–Crippen MR) is 130 cm³/mol. The number of carbonyl (C=O) groups is 2. The number of rotatable bonds is 16. The molecule has 0 aliphatic heterocycles. The maximum absolute atomic E-state index is 12.8. The van der Waals surface area contributed by atoms with Gasteiger partial charge in [0, 0.05) is 36.3 Å². The van der Waals surface area contributed by atoms with Gasteiger partial charge in [-0.05, 0) is 45.7 Å². The van der Waals surface area contributed by atoms with Crippen LogP contribution in [0.1, 0.15) is 64.7 Å². The Morgan fingerprint density at radius 1 is 1.29 bits per heavy atom. The minimum Gasteiger partial charge on any atom is -0.469 e. The number of aliphatic hydroxyl groups is 1. The van der Waals surface area contributed by atoms with Gasteiger partial charge in [-0.1, -0.05) is 50.5 Å². The molecule has 0 radical (unpaired) electrons. The molecule has 0 aromatic heterocycles. The number of Topliss-reactive ketones (excluding diaryl/α,β-unsaturated/α-hetero) is 1. The Hall–Kier alpha value is -1.11. The van der Waals surface area contributed by atoms with Gasteiger partial charge >= 0.3 is 5.97 Å². The van der Waals surface area contributed by atoms with Crippen molar-refractivity contribution in [2.45, 2.75) is 76.1 Å². The molecule has 0 aromatic carbocycles. The zero-order valence-corrected chi connectivity index (χ0v) is 20.7. The molecule has 1 saturated carbocycles. The van der Waals surface area contributed by atoms with Crippen molar-refractivity contribution in [2.75, 3.05) is 33.5 Å². The fourth-order valence-corrected chi connectivity index (χ4v) is 5.40. The van der Waals surface area contributed by atoms with E-state index in [-0.39, 0.29) is 23.1 Å². The van der Waals surface area contributed by atoms with Crippen molar-refractivity contribution >= 4 is 23.5 Å². The number of allylic oxidation sites excluding steroid dienone is 3. The molecule has 1 unspecified atom stereocenters. The Kier molecular flexibility index (Phi) is 14.9. The summed E-state index contributed by atoms with van der Waals surface area (Å²) in [5.41, 5.74) is 0. The van der Waals surface area contributed by atoms with Gasteiger partial charge in [0.05, 0.1) is 13.2 Å². The van der Waals surface area contributed by atoms with Crippen molar-refractivity contribution in [3.8, 4) is 0 Å². The molecule has 1 rings (SSSR count). The first-order valence-corrected chi connectivity index (χ1v) is 12.8. The molecule has 0 heterocycles. The number of ether oxygens (including phenoxy) is 1. The van der Waals surface area contributed by atoms with Gasteiger partial charge < -0.3 is 14.7 Å². The number of thioether (sulfide) groups is 1. The Labute approximate surface area is 193 Å². The van der Waals surface area contributed by atoms with E-state index in [9.17, 15) is 14.7 Å².